The number of ether oxygens (including phenoxy) is 2. The molecular weight excluding hydrogens is 538 g/mol. The van der Waals surface area contributed by atoms with Crippen LogP contribution in [0.4, 0.5) is 0 Å². The number of nitrogens with one attached hydrogen (secondary N) is 1. The van der Waals surface area contributed by atoms with Crippen LogP contribution in [0.1, 0.15) is 30.0 Å². The molecule has 0 radical (unpaired) electrons. The fourth-order valence-corrected chi connectivity index (χ4v) is 5.08. The van der Waals surface area contributed by atoms with Crippen LogP contribution in [0.15, 0.2) is 76.4 Å². The van der Waals surface area contributed by atoms with Crippen LogP contribution in [0.5, 0.6) is 11.5 Å². The maximum absolute atomic E-state index is 6.16. The molecule has 0 fully saturated rings. The molecule has 7 nitrogen and oxygen atoms in total. The second-order valence-electron chi connectivity index (χ2n) is 8.14. The Kier molecular flexibility index (Phi) is 9.77. The molecule has 0 bridgehead atoms. The van der Waals surface area contributed by atoms with Gasteiger partial charge in [0.15, 0.2) is 11.5 Å². The molecule has 1 heterocycles. The fraction of sp³-hybridized carbons (Fsp3) is 0.296. The molecule has 1 aromatic heterocycles. The van der Waals surface area contributed by atoms with E-state index in [1.807, 2.05) is 49.4 Å². The molecule has 4 rings (SSSR count). The third-order valence-corrected chi connectivity index (χ3v) is 7.10. The van der Waals surface area contributed by atoms with E-state index in [0.29, 0.717) is 13.2 Å². The maximum Gasteiger partial charge on any atom is 0.214 e. The minimum atomic E-state index is 0.494. The molecular formula is C27H30BrN5O2S. The third-order valence-electron chi connectivity index (χ3n) is 5.50. The van der Waals surface area contributed by atoms with Gasteiger partial charge in [0.1, 0.15) is 6.61 Å². The summed E-state index contributed by atoms with van der Waals surface area (Å²) < 4.78 is 14.7. The predicted molar refractivity (Wildman–Crippen MR) is 147 cm³/mol. The second kappa shape index (κ2) is 13.4. The van der Waals surface area contributed by atoms with Gasteiger partial charge in [-0.25, -0.2) is 0 Å². The molecule has 0 aliphatic heterocycles. The molecule has 9 heteroatoms. The summed E-state index contributed by atoms with van der Waals surface area (Å²) in [7, 11) is 0. The monoisotopic (exact) mass is 567 g/mol. The molecule has 1 N–H and O–H groups in total. The summed E-state index contributed by atoms with van der Waals surface area (Å²) in [4.78, 5) is 0. The van der Waals surface area contributed by atoms with Gasteiger partial charge < -0.3 is 14.8 Å². The fourth-order valence-electron chi connectivity index (χ4n) is 3.64. The number of benzene rings is 3. The number of para-hydroxylation sites is 1. The zero-order valence-electron chi connectivity index (χ0n) is 20.5. The number of hydrogen-bond donors (Lipinski definition) is 1. The summed E-state index contributed by atoms with van der Waals surface area (Å²) in [5.41, 5.74) is 4.47. The van der Waals surface area contributed by atoms with Crippen molar-refractivity contribution in [3.8, 4) is 17.2 Å². The molecule has 36 heavy (non-hydrogen) atoms. The first-order valence-corrected chi connectivity index (χ1v) is 13.7. The minimum Gasteiger partial charge on any atom is -0.490 e. The minimum absolute atomic E-state index is 0.494. The first kappa shape index (κ1) is 26.2. The quantitative estimate of drug-likeness (QED) is 0.157. The summed E-state index contributed by atoms with van der Waals surface area (Å²) in [6.07, 6.45) is 0.990. The van der Waals surface area contributed by atoms with Crippen LogP contribution < -0.4 is 14.8 Å². The lowest BCUT2D eigenvalue weighted by molar-refractivity contribution is 0.267. The highest BCUT2D eigenvalue weighted by atomic mass is 79.9. The van der Waals surface area contributed by atoms with Gasteiger partial charge in [-0.05, 0) is 94.1 Å². The average Bonchev–Trinajstić information content (AvgIpc) is 3.36. The molecule has 4 aromatic rings. The molecule has 0 amide bonds. The standard InChI is InChI=1S/C27H30BrN5O2S/c1-3-34-25-17-21(16-24(28)26(25)35-19-22-11-8-7-10-20(22)2)18-29-14-9-15-36-27-30-31-32-33(27)23-12-5-4-6-13-23/h4-8,10-13,16-17,29H,3,9,14-15,18-19H2,1-2H3. The van der Waals surface area contributed by atoms with Crippen molar-refractivity contribution in [3.63, 3.8) is 0 Å². The maximum atomic E-state index is 6.16. The highest BCUT2D eigenvalue weighted by Crippen LogP contribution is 2.37. The first-order valence-electron chi connectivity index (χ1n) is 12.0. The lowest BCUT2D eigenvalue weighted by Gasteiger charge is -2.16. The van der Waals surface area contributed by atoms with E-state index in [9.17, 15) is 0 Å². The lowest BCUT2D eigenvalue weighted by atomic mass is 10.1. The van der Waals surface area contributed by atoms with Crippen molar-refractivity contribution < 1.29 is 9.47 Å². The number of thioether (sulfide) groups is 1. The molecule has 0 spiro atoms. The van der Waals surface area contributed by atoms with Crippen LogP contribution in [0.2, 0.25) is 0 Å². The number of aromatic nitrogens is 4. The van der Waals surface area contributed by atoms with Crippen molar-refractivity contribution in [1.82, 2.24) is 25.5 Å². The van der Waals surface area contributed by atoms with Gasteiger partial charge in [-0.2, -0.15) is 4.68 Å². The molecule has 0 atom stereocenters. The number of rotatable bonds is 13. The summed E-state index contributed by atoms with van der Waals surface area (Å²) >= 11 is 5.34. The third kappa shape index (κ3) is 7.09. The van der Waals surface area contributed by atoms with Gasteiger partial charge in [0.25, 0.3) is 0 Å². The summed E-state index contributed by atoms with van der Waals surface area (Å²) in [6, 6.07) is 22.3. The molecule has 188 valence electrons. The number of hydrogen-bond acceptors (Lipinski definition) is 7. The summed E-state index contributed by atoms with van der Waals surface area (Å²) in [5, 5.41) is 16.4. The molecule has 0 saturated carbocycles. The first-order chi connectivity index (χ1) is 17.7. The van der Waals surface area contributed by atoms with Gasteiger partial charge in [0, 0.05) is 12.3 Å². The van der Waals surface area contributed by atoms with E-state index in [-0.39, 0.29) is 0 Å². The van der Waals surface area contributed by atoms with Gasteiger partial charge in [0.2, 0.25) is 5.16 Å². The Morgan fingerprint density at radius 2 is 1.83 bits per heavy atom. The van der Waals surface area contributed by atoms with E-state index in [0.717, 1.165) is 63.2 Å². The van der Waals surface area contributed by atoms with Gasteiger partial charge >= 0.3 is 0 Å². The molecule has 3 aromatic carbocycles. The van der Waals surface area contributed by atoms with Crippen LogP contribution in [0.3, 0.4) is 0 Å². The summed E-state index contributed by atoms with van der Waals surface area (Å²) in [6.45, 7) is 6.76. The van der Waals surface area contributed by atoms with Crippen LogP contribution in [-0.4, -0.2) is 39.1 Å². The number of aryl methyl sites for hydroxylation is 1. The van der Waals surface area contributed by atoms with Crippen molar-refractivity contribution in [1.29, 1.82) is 0 Å². The Morgan fingerprint density at radius 3 is 2.64 bits per heavy atom. The zero-order valence-corrected chi connectivity index (χ0v) is 22.9. The van der Waals surface area contributed by atoms with E-state index in [2.05, 4.69) is 68.0 Å². The van der Waals surface area contributed by atoms with Gasteiger partial charge in [-0.1, -0.05) is 54.2 Å². The van der Waals surface area contributed by atoms with E-state index in [1.165, 1.54) is 5.56 Å². The number of tetrazole rings is 1. The topological polar surface area (TPSA) is 74.1 Å². The average molecular weight is 569 g/mol. The van der Waals surface area contributed by atoms with E-state index in [4.69, 9.17) is 9.47 Å². The van der Waals surface area contributed by atoms with Crippen molar-refractivity contribution in [2.24, 2.45) is 0 Å². The predicted octanol–water partition coefficient (Wildman–Crippen LogP) is 5.98. The van der Waals surface area contributed by atoms with Gasteiger partial charge in [-0.3, -0.25) is 0 Å². The van der Waals surface area contributed by atoms with Gasteiger partial charge in [0.05, 0.1) is 16.8 Å². The normalized spacial score (nSPS) is 11.0. The Bertz CT molecular complexity index is 1250. The Hall–Kier alpha value is -2.88. The number of nitrogens with zero attached hydrogens (tertiary/aromatic N) is 4. The van der Waals surface area contributed by atoms with E-state index >= 15 is 0 Å². The van der Waals surface area contributed by atoms with Crippen LogP contribution >= 0.6 is 27.7 Å². The summed E-state index contributed by atoms with van der Waals surface area (Å²) in [5.74, 6) is 2.40. The molecule has 0 aliphatic rings. The molecule has 0 saturated heterocycles. The van der Waals surface area contributed by atoms with E-state index < -0.39 is 0 Å². The smallest absolute Gasteiger partial charge is 0.214 e. The Morgan fingerprint density at radius 1 is 1.03 bits per heavy atom. The van der Waals surface area contributed by atoms with Crippen LogP contribution in [0, 0.1) is 6.92 Å². The van der Waals surface area contributed by atoms with Crippen molar-refractivity contribution >= 4 is 27.7 Å². The van der Waals surface area contributed by atoms with Crippen LogP contribution in [0.25, 0.3) is 5.69 Å². The largest absolute Gasteiger partial charge is 0.490 e. The van der Waals surface area contributed by atoms with E-state index in [1.54, 1.807) is 16.4 Å². The molecule has 0 aliphatic carbocycles. The Labute approximate surface area is 224 Å². The van der Waals surface area contributed by atoms with Crippen LogP contribution in [-0.2, 0) is 13.2 Å². The van der Waals surface area contributed by atoms with Crippen molar-refractivity contribution in [3.05, 3.63) is 87.9 Å². The highest BCUT2D eigenvalue weighted by Gasteiger charge is 2.13. The lowest BCUT2D eigenvalue weighted by Crippen LogP contribution is -2.15. The van der Waals surface area contributed by atoms with Crippen molar-refractivity contribution in [2.45, 2.75) is 38.6 Å². The Balaban J connectivity index is 1.27. The van der Waals surface area contributed by atoms with Crippen molar-refractivity contribution in [2.75, 3.05) is 18.9 Å². The number of halogens is 1. The molecule has 0 unspecified atom stereocenters. The van der Waals surface area contributed by atoms with Gasteiger partial charge in [-0.15, -0.1) is 5.10 Å². The zero-order chi connectivity index (χ0) is 25.2. The highest BCUT2D eigenvalue weighted by molar-refractivity contribution is 9.10. The SMILES string of the molecule is CCOc1cc(CNCCCSc2nnnn2-c2ccccc2)cc(Br)c1OCc1ccccc1C. The second-order valence-corrected chi connectivity index (χ2v) is 10.1.